The van der Waals surface area contributed by atoms with Crippen LogP contribution in [0.2, 0.25) is 0 Å². The summed E-state index contributed by atoms with van der Waals surface area (Å²) < 4.78 is 18.6. The van der Waals surface area contributed by atoms with E-state index in [2.05, 4.69) is 5.32 Å². The van der Waals surface area contributed by atoms with Crippen LogP contribution in [-0.4, -0.2) is 60.6 Å². The number of nitrogens with one attached hydrogen (secondary N) is 1. The molecule has 2 aliphatic rings. The first kappa shape index (κ1) is 18.5. The second-order valence-electron chi connectivity index (χ2n) is 6.82. The van der Waals surface area contributed by atoms with Gasteiger partial charge in [0.15, 0.2) is 0 Å². The Bertz CT molecular complexity index is 617. The van der Waals surface area contributed by atoms with Gasteiger partial charge >= 0.3 is 6.03 Å². The van der Waals surface area contributed by atoms with Gasteiger partial charge < -0.3 is 19.9 Å². The van der Waals surface area contributed by atoms with Gasteiger partial charge in [-0.15, -0.1) is 0 Å². The van der Waals surface area contributed by atoms with Gasteiger partial charge in [0.25, 0.3) is 0 Å². The van der Waals surface area contributed by atoms with E-state index in [1.807, 2.05) is 4.90 Å². The van der Waals surface area contributed by atoms with Crippen molar-refractivity contribution in [2.75, 3.05) is 32.8 Å². The summed E-state index contributed by atoms with van der Waals surface area (Å²) in [7, 11) is 0. The van der Waals surface area contributed by atoms with Crippen LogP contribution in [0.5, 0.6) is 5.75 Å². The summed E-state index contributed by atoms with van der Waals surface area (Å²) in [5, 5.41) is 2.85. The lowest BCUT2D eigenvalue weighted by atomic mass is 10.2. The smallest absolute Gasteiger partial charge is 0.317 e. The Hall–Kier alpha value is -2.31. The van der Waals surface area contributed by atoms with Crippen molar-refractivity contribution in [3.63, 3.8) is 0 Å². The second kappa shape index (κ2) is 8.87. The third kappa shape index (κ3) is 4.86. The van der Waals surface area contributed by atoms with Crippen LogP contribution in [0.25, 0.3) is 0 Å². The van der Waals surface area contributed by atoms with E-state index in [0.717, 1.165) is 38.8 Å². The first-order valence-electron chi connectivity index (χ1n) is 9.34. The molecule has 3 rings (SSSR count). The summed E-state index contributed by atoms with van der Waals surface area (Å²) in [6.45, 7) is 3.09. The summed E-state index contributed by atoms with van der Waals surface area (Å²) >= 11 is 0. The van der Waals surface area contributed by atoms with Crippen molar-refractivity contribution >= 4 is 11.9 Å². The van der Waals surface area contributed by atoms with Crippen molar-refractivity contribution in [1.29, 1.82) is 0 Å². The van der Waals surface area contributed by atoms with Gasteiger partial charge in [-0.3, -0.25) is 4.79 Å². The molecule has 1 aromatic carbocycles. The molecule has 3 amide bonds. The van der Waals surface area contributed by atoms with E-state index in [1.165, 1.54) is 12.1 Å². The molecular weight excluding hydrogens is 337 g/mol. The number of rotatable bonds is 6. The van der Waals surface area contributed by atoms with Gasteiger partial charge in [-0.05, 0) is 49.9 Å². The number of carbonyl (C=O) groups excluding carboxylic acids is 2. The van der Waals surface area contributed by atoms with Crippen LogP contribution in [0.3, 0.4) is 0 Å². The number of urea groups is 1. The van der Waals surface area contributed by atoms with Crippen LogP contribution >= 0.6 is 0 Å². The maximum atomic E-state index is 12.9. The molecule has 2 heterocycles. The van der Waals surface area contributed by atoms with Crippen LogP contribution in [-0.2, 0) is 4.79 Å². The average molecular weight is 363 g/mol. The molecule has 0 unspecified atom stereocenters. The SMILES string of the molecule is O=C(CCNC(=O)N1CCC[C@H]1COc1ccc(F)cc1)N1CCCC1. The minimum absolute atomic E-state index is 0.00524. The highest BCUT2D eigenvalue weighted by Gasteiger charge is 2.29. The van der Waals surface area contributed by atoms with E-state index < -0.39 is 0 Å². The molecule has 0 aromatic heterocycles. The predicted molar refractivity (Wildman–Crippen MR) is 95.5 cm³/mol. The first-order valence-corrected chi connectivity index (χ1v) is 9.34. The summed E-state index contributed by atoms with van der Waals surface area (Å²) in [6, 6.07) is 5.72. The molecule has 1 N–H and O–H groups in total. The quantitative estimate of drug-likeness (QED) is 0.844. The zero-order valence-electron chi connectivity index (χ0n) is 15.0. The molecule has 0 spiro atoms. The van der Waals surface area contributed by atoms with Crippen LogP contribution in [0, 0.1) is 5.82 Å². The minimum Gasteiger partial charge on any atom is -0.491 e. The fraction of sp³-hybridized carbons (Fsp3) is 0.579. The molecule has 7 heteroatoms. The van der Waals surface area contributed by atoms with Gasteiger partial charge in [-0.2, -0.15) is 0 Å². The fourth-order valence-electron chi connectivity index (χ4n) is 3.50. The van der Waals surface area contributed by atoms with Gasteiger partial charge in [-0.25, -0.2) is 9.18 Å². The molecule has 0 aliphatic carbocycles. The Morgan fingerprint density at radius 3 is 2.58 bits per heavy atom. The number of halogens is 1. The van der Waals surface area contributed by atoms with Gasteiger partial charge in [0.2, 0.25) is 5.91 Å². The molecule has 6 nitrogen and oxygen atoms in total. The summed E-state index contributed by atoms with van der Waals surface area (Å²) in [5.74, 6) is 0.401. The zero-order valence-corrected chi connectivity index (χ0v) is 15.0. The lowest BCUT2D eigenvalue weighted by Crippen LogP contribution is -2.45. The van der Waals surface area contributed by atoms with E-state index in [-0.39, 0.29) is 23.8 Å². The maximum Gasteiger partial charge on any atom is 0.317 e. The Balaban J connectivity index is 1.41. The molecular formula is C19H26FN3O3. The van der Waals surface area contributed by atoms with Gasteiger partial charge in [0, 0.05) is 32.6 Å². The molecule has 1 aromatic rings. The van der Waals surface area contributed by atoms with E-state index in [0.29, 0.717) is 31.9 Å². The van der Waals surface area contributed by atoms with Gasteiger partial charge in [0.05, 0.1) is 6.04 Å². The molecule has 2 saturated heterocycles. The molecule has 142 valence electrons. The van der Waals surface area contributed by atoms with Crippen molar-refractivity contribution in [2.24, 2.45) is 0 Å². The maximum absolute atomic E-state index is 12.9. The van der Waals surface area contributed by atoms with Crippen LogP contribution in [0.15, 0.2) is 24.3 Å². The largest absolute Gasteiger partial charge is 0.491 e. The minimum atomic E-state index is -0.303. The molecule has 2 aliphatic heterocycles. The molecule has 0 radical (unpaired) electrons. The Labute approximate surface area is 153 Å². The van der Waals surface area contributed by atoms with Gasteiger partial charge in [0.1, 0.15) is 18.2 Å². The van der Waals surface area contributed by atoms with E-state index in [4.69, 9.17) is 4.74 Å². The highest BCUT2D eigenvalue weighted by molar-refractivity contribution is 5.78. The third-order valence-electron chi connectivity index (χ3n) is 4.97. The Morgan fingerprint density at radius 2 is 1.85 bits per heavy atom. The summed E-state index contributed by atoms with van der Waals surface area (Å²) in [4.78, 5) is 28.0. The Morgan fingerprint density at radius 1 is 1.12 bits per heavy atom. The zero-order chi connectivity index (χ0) is 18.4. The number of amides is 3. The summed E-state index contributed by atoms with van der Waals surface area (Å²) in [6.07, 6.45) is 4.29. The highest BCUT2D eigenvalue weighted by atomic mass is 19.1. The highest BCUT2D eigenvalue weighted by Crippen LogP contribution is 2.19. The molecule has 26 heavy (non-hydrogen) atoms. The van der Waals surface area contributed by atoms with Crippen molar-refractivity contribution in [3.8, 4) is 5.75 Å². The second-order valence-corrected chi connectivity index (χ2v) is 6.82. The molecule has 1 atom stereocenters. The first-order chi connectivity index (χ1) is 12.6. The van der Waals surface area contributed by atoms with E-state index in [1.54, 1.807) is 17.0 Å². The van der Waals surface area contributed by atoms with Crippen LogP contribution in [0.4, 0.5) is 9.18 Å². The monoisotopic (exact) mass is 363 g/mol. The molecule has 2 fully saturated rings. The third-order valence-corrected chi connectivity index (χ3v) is 4.97. The van der Waals surface area contributed by atoms with Crippen LogP contribution < -0.4 is 10.1 Å². The number of hydrogen-bond acceptors (Lipinski definition) is 3. The van der Waals surface area contributed by atoms with Crippen LogP contribution in [0.1, 0.15) is 32.1 Å². The molecule has 0 saturated carbocycles. The number of likely N-dealkylation sites (tertiary alicyclic amines) is 2. The van der Waals surface area contributed by atoms with E-state index >= 15 is 0 Å². The Kier molecular flexibility index (Phi) is 6.30. The number of hydrogen-bond donors (Lipinski definition) is 1. The molecule has 0 bridgehead atoms. The number of ether oxygens (including phenoxy) is 1. The standard InChI is InChI=1S/C19H26FN3O3/c20-15-5-7-17(8-6-15)26-14-16-4-3-13-23(16)19(25)21-10-9-18(24)22-11-1-2-12-22/h5-8,16H,1-4,9-14H2,(H,21,25)/t16-/m0/s1. The number of nitrogens with zero attached hydrogens (tertiary/aromatic N) is 2. The average Bonchev–Trinajstić information content (AvgIpc) is 3.33. The van der Waals surface area contributed by atoms with Crippen molar-refractivity contribution < 1.29 is 18.7 Å². The predicted octanol–water partition coefficient (Wildman–Crippen LogP) is 2.39. The number of carbonyl (C=O) groups is 2. The van der Waals surface area contributed by atoms with Crippen molar-refractivity contribution in [2.45, 2.75) is 38.1 Å². The van der Waals surface area contributed by atoms with Crippen molar-refractivity contribution in [1.82, 2.24) is 15.1 Å². The van der Waals surface area contributed by atoms with Gasteiger partial charge in [-0.1, -0.05) is 0 Å². The normalized spacial score (nSPS) is 19.7. The lowest BCUT2D eigenvalue weighted by Gasteiger charge is -2.25. The summed E-state index contributed by atoms with van der Waals surface area (Å²) in [5.41, 5.74) is 0. The van der Waals surface area contributed by atoms with Crippen molar-refractivity contribution in [3.05, 3.63) is 30.1 Å². The lowest BCUT2D eigenvalue weighted by molar-refractivity contribution is -0.129. The van der Waals surface area contributed by atoms with E-state index in [9.17, 15) is 14.0 Å². The topological polar surface area (TPSA) is 61.9 Å². The number of benzene rings is 1. The fourth-order valence-corrected chi connectivity index (χ4v) is 3.50.